The Bertz CT molecular complexity index is 512. The van der Waals surface area contributed by atoms with E-state index in [1.807, 2.05) is 6.07 Å². The van der Waals surface area contributed by atoms with Gasteiger partial charge in [0.1, 0.15) is 11.5 Å². The van der Waals surface area contributed by atoms with Gasteiger partial charge in [-0.05, 0) is 12.1 Å². The summed E-state index contributed by atoms with van der Waals surface area (Å²) >= 11 is 0. The maximum absolute atomic E-state index is 11.7. The number of nitrogens with two attached hydrogens (primary N) is 1. The number of rotatable bonds is 5. The Kier molecular flexibility index (Phi) is 3.87. The van der Waals surface area contributed by atoms with Crippen LogP contribution in [0.4, 0.5) is 5.82 Å². The van der Waals surface area contributed by atoms with Gasteiger partial charge in [-0.25, -0.2) is 10.8 Å². The molecule has 2 rings (SSSR count). The quantitative estimate of drug-likeness (QED) is 0.519. The molecule has 0 aliphatic carbocycles. The third kappa shape index (κ3) is 3.05. The molecule has 2 aromatic rings. The summed E-state index contributed by atoms with van der Waals surface area (Å²) in [5.41, 5.74) is 2.54. The average molecular weight is 247 g/mol. The highest BCUT2D eigenvalue weighted by atomic mass is 16.3. The molecule has 0 atom stereocenters. The van der Waals surface area contributed by atoms with E-state index in [9.17, 15) is 4.79 Å². The van der Waals surface area contributed by atoms with Crippen LogP contribution in [0.5, 0.6) is 0 Å². The van der Waals surface area contributed by atoms with E-state index in [1.165, 1.54) is 12.4 Å². The van der Waals surface area contributed by atoms with Crippen molar-refractivity contribution in [2.45, 2.75) is 6.42 Å². The molecular weight excluding hydrogens is 234 g/mol. The van der Waals surface area contributed by atoms with E-state index in [1.54, 1.807) is 12.3 Å². The van der Waals surface area contributed by atoms with Crippen LogP contribution in [-0.2, 0) is 6.42 Å². The van der Waals surface area contributed by atoms with E-state index in [0.29, 0.717) is 18.8 Å². The number of hydrazine groups is 1. The smallest absolute Gasteiger partial charge is 0.271 e. The van der Waals surface area contributed by atoms with Gasteiger partial charge in [-0.15, -0.1) is 0 Å². The molecule has 94 valence electrons. The highest BCUT2D eigenvalue weighted by molar-refractivity contribution is 5.92. The van der Waals surface area contributed by atoms with Gasteiger partial charge in [0, 0.05) is 13.0 Å². The van der Waals surface area contributed by atoms with Gasteiger partial charge in [-0.3, -0.25) is 9.78 Å². The van der Waals surface area contributed by atoms with Crippen LogP contribution in [0.1, 0.15) is 16.2 Å². The van der Waals surface area contributed by atoms with Gasteiger partial charge in [-0.1, -0.05) is 0 Å². The number of carbonyl (C=O) groups excluding carboxylic acids is 1. The molecular formula is C11H13N5O2. The lowest BCUT2D eigenvalue weighted by Crippen LogP contribution is -2.27. The average Bonchev–Trinajstić information content (AvgIpc) is 2.92. The Morgan fingerprint density at radius 3 is 3.06 bits per heavy atom. The second-order valence-corrected chi connectivity index (χ2v) is 3.52. The number of furan rings is 1. The number of hydrogen-bond donors (Lipinski definition) is 3. The minimum absolute atomic E-state index is 0.213. The van der Waals surface area contributed by atoms with Crippen molar-refractivity contribution in [2.75, 3.05) is 12.0 Å². The van der Waals surface area contributed by atoms with Crippen molar-refractivity contribution in [3.05, 3.63) is 42.2 Å². The molecule has 0 radical (unpaired) electrons. The maximum Gasteiger partial charge on any atom is 0.271 e. The van der Waals surface area contributed by atoms with Crippen molar-refractivity contribution in [3.63, 3.8) is 0 Å². The molecule has 0 saturated heterocycles. The summed E-state index contributed by atoms with van der Waals surface area (Å²) < 4.78 is 5.15. The zero-order chi connectivity index (χ0) is 12.8. The molecule has 0 fully saturated rings. The molecule has 7 heteroatoms. The first-order valence-corrected chi connectivity index (χ1v) is 5.39. The summed E-state index contributed by atoms with van der Waals surface area (Å²) in [6.07, 6.45) is 5.03. The number of carbonyl (C=O) groups is 1. The fourth-order valence-corrected chi connectivity index (χ4v) is 1.39. The zero-order valence-corrected chi connectivity index (χ0v) is 9.59. The molecule has 1 amide bonds. The minimum Gasteiger partial charge on any atom is -0.469 e. The number of nitrogens with zero attached hydrogens (tertiary/aromatic N) is 2. The summed E-state index contributed by atoms with van der Waals surface area (Å²) in [6, 6.07) is 3.66. The van der Waals surface area contributed by atoms with Crippen LogP contribution in [0.25, 0.3) is 0 Å². The summed E-state index contributed by atoms with van der Waals surface area (Å²) in [4.78, 5) is 19.6. The third-order valence-corrected chi connectivity index (χ3v) is 2.25. The lowest BCUT2D eigenvalue weighted by atomic mass is 10.3. The predicted molar refractivity (Wildman–Crippen MR) is 64.6 cm³/mol. The highest BCUT2D eigenvalue weighted by Crippen LogP contribution is 2.01. The Hall–Kier alpha value is -2.41. The van der Waals surface area contributed by atoms with Gasteiger partial charge in [-0.2, -0.15) is 0 Å². The molecule has 18 heavy (non-hydrogen) atoms. The monoisotopic (exact) mass is 247 g/mol. The number of nitrogens with one attached hydrogen (secondary N) is 2. The second-order valence-electron chi connectivity index (χ2n) is 3.52. The first-order chi connectivity index (χ1) is 8.79. The summed E-state index contributed by atoms with van der Waals surface area (Å²) in [5.74, 6) is 6.05. The Morgan fingerprint density at radius 2 is 2.33 bits per heavy atom. The molecule has 0 spiro atoms. The lowest BCUT2D eigenvalue weighted by molar-refractivity contribution is 0.0948. The Morgan fingerprint density at radius 1 is 1.44 bits per heavy atom. The number of nitrogen functional groups attached to an aromatic ring is 1. The van der Waals surface area contributed by atoms with Crippen molar-refractivity contribution in [2.24, 2.45) is 5.84 Å². The summed E-state index contributed by atoms with van der Waals surface area (Å²) in [5, 5.41) is 2.72. The largest absolute Gasteiger partial charge is 0.469 e. The topological polar surface area (TPSA) is 106 Å². The summed E-state index contributed by atoms with van der Waals surface area (Å²) in [7, 11) is 0. The van der Waals surface area contributed by atoms with Crippen LogP contribution in [-0.4, -0.2) is 22.4 Å². The molecule has 0 saturated carbocycles. The maximum atomic E-state index is 11.7. The normalized spacial score (nSPS) is 10.1. The van der Waals surface area contributed by atoms with Crippen molar-refractivity contribution in [3.8, 4) is 0 Å². The van der Waals surface area contributed by atoms with Crippen LogP contribution < -0.4 is 16.6 Å². The molecule has 7 nitrogen and oxygen atoms in total. The van der Waals surface area contributed by atoms with E-state index in [2.05, 4.69) is 20.7 Å². The Balaban J connectivity index is 1.87. The van der Waals surface area contributed by atoms with Crippen LogP contribution in [0.3, 0.4) is 0 Å². The zero-order valence-electron chi connectivity index (χ0n) is 9.59. The van der Waals surface area contributed by atoms with Gasteiger partial charge in [0.25, 0.3) is 5.91 Å². The molecule has 2 heterocycles. The van der Waals surface area contributed by atoms with Gasteiger partial charge in [0.2, 0.25) is 0 Å². The first kappa shape index (κ1) is 12.1. The fraction of sp³-hybridized carbons (Fsp3) is 0.182. The van der Waals surface area contributed by atoms with E-state index in [4.69, 9.17) is 10.3 Å². The predicted octanol–water partition coefficient (Wildman–Crippen LogP) is 0.328. The minimum atomic E-state index is -0.300. The van der Waals surface area contributed by atoms with E-state index in [-0.39, 0.29) is 11.6 Å². The van der Waals surface area contributed by atoms with Crippen molar-refractivity contribution < 1.29 is 9.21 Å². The van der Waals surface area contributed by atoms with Gasteiger partial charge in [0.15, 0.2) is 5.82 Å². The molecule has 0 aromatic carbocycles. The van der Waals surface area contributed by atoms with Crippen LogP contribution in [0, 0.1) is 0 Å². The van der Waals surface area contributed by atoms with E-state index in [0.717, 1.165) is 5.76 Å². The van der Waals surface area contributed by atoms with Crippen molar-refractivity contribution in [1.82, 2.24) is 15.3 Å². The van der Waals surface area contributed by atoms with Gasteiger partial charge in [0.05, 0.1) is 18.7 Å². The van der Waals surface area contributed by atoms with Crippen LogP contribution in [0.15, 0.2) is 35.2 Å². The molecule has 0 unspecified atom stereocenters. The fourth-order valence-electron chi connectivity index (χ4n) is 1.39. The molecule has 0 aliphatic rings. The standard InChI is InChI=1S/C11H13N5O2/c12-16-10-7-13-6-9(15-10)11(17)14-4-3-8-2-1-5-18-8/h1-2,5-7H,3-4,12H2,(H,14,17)(H,15,16). The van der Waals surface area contributed by atoms with Crippen molar-refractivity contribution in [1.29, 1.82) is 0 Å². The van der Waals surface area contributed by atoms with Crippen LogP contribution in [0.2, 0.25) is 0 Å². The molecule has 2 aromatic heterocycles. The van der Waals surface area contributed by atoms with Crippen molar-refractivity contribution >= 4 is 11.7 Å². The molecule has 0 aliphatic heterocycles. The van der Waals surface area contributed by atoms with Crippen LogP contribution >= 0.6 is 0 Å². The number of amides is 1. The Labute approximate surface area is 103 Å². The lowest BCUT2D eigenvalue weighted by Gasteiger charge is -2.04. The highest BCUT2D eigenvalue weighted by Gasteiger charge is 2.08. The van der Waals surface area contributed by atoms with Gasteiger partial charge < -0.3 is 15.2 Å². The second kappa shape index (κ2) is 5.78. The summed E-state index contributed by atoms with van der Waals surface area (Å²) in [6.45, 7) is 0.467. The number of anilines is 1. The van der Waals surface area contributed by atoms with E-state index >= 15 is 0 Å². The SMILES string of the molecule is NNc1cncc(C(=O)NCCc2ccco2)n1. The number of hydrogen-bond acceptors (Lipinski definition) is 6. The number of aromatic nitrogens is 2. The third-order valence-electron chi connectivity index (χ3n) is 2.25. The van der Waals surface area contributed by atoms with E-state index < -0.39 is 0 Å². The molecule has 4 N–H and O–H groups in total. The first-order valence-electron chi connectivity index (χ1n) is 5.39. The van der Waals surface area contributed by atoms with Gasteiger partial charge >= 0.3 is 0 Å². The molecule has 0 bridgehead atoms.